The van der Waals surface area contributed by atoms with Crippen LogP contribution in [0.4, 0.5) is 10.1 Å². The number of rotatable bonds is 6. The maximum Gasteiger partial charge on any atom is 0.340 e. The molecular weight excluding hydrogens is 251 g/mol. The average molecular weight is 266 g/mol. The van der Waals surface area contributed by atoms with E-state index in [2.05, 4.69) is 10.6 Å². The minimum absolute atomic E-state index is 0.0225. The molecule has 1 amide bonds. The molecule has 0 radical (unpaired) electrons. The number of carbonyl (C=O) groups excluding carboxylic acids is 1. The molecule has 0 unspecified atom stereocenters. The number of carboxylic acid groups (broad SMARTS) is 1. The average Bonchev–Trinajstić information content (AvgIpc) is 3.12. The van der Waals surface area contributed by atoms with Gasteiger partial charge in [0.05, 0.1) is 12.2 Å². The Bertz CT molecular complexity index is 501. The Hall–Kier alpha value is -1.95. The molecule has 1 aromatic rings. The number of hydrogen-bond donors (Lipinski definition) is 3. The third-order valence-electron chi connectivity index (χ3n) is 2.92. The molecule has 1 aromatic carbocycles. The van der Waals surface area contributed by atoms with E-state index < -0.39 is 17.3 Å². The fraction of sp³-hybridized carbons (Fsp3) is 0.385. The van der Waals surface area contributed by atoms with Gasteiger partial charge in [-0.05, 0) is 37.4 Å². The van der Waals surface area contributed by atoms with Gasteiger partial charge in [-0.2, -0.15) is 0 Å². The summed E-state index contributed by atoms with van der Waals surface area (Å²) in [7, 11) is 0. The van der Waals surface area contributed by atoms with Crippen molar-refractivity contribution >= 4 is 17.6 Å². The molecule has 0 bridgehead atoms. The van der Waals surface area contributed by atoms with E-state index in [9.17, 15) is 14.0 Å². The summed E-state index contributed by atoms with van der Waals surface area (Å²) in [5.41, 5.74) is -0.538. The number of carboxylic acids is 1. The number of hydrogen-bond acceptors (Lipinski definition) is 3. The zero-order valence-corrected chi connectivity index (χ0v) is 10.3. The number of amides is 1. The highest BCUT2D eigenvalue weighted by molar-refractivity contribution is 6.01. The van der Waals surface area contributed by atoms with Crippen molar-refractivity contribution in [3.05, 3.63) is 29.6 Å². The summed E-state index contributed by atoms with van der Waals surface area (Å²) in [5, 5.41) is 14.3. The first-order valence-corrected chi connectivity index (χ1v) is 6.10. The van der Waals surface area contributed by atoms with Crippen LogP contribution in [0.1, 0.15) is 23.2 Å². The molecule has 0 aromatic heterocycles. The fourth-order valence-electron chi connectivity index (χ4n) is 1.75. The van der Waals surface area contributed by atoms with Crippen LogP contribution >= 0.6 is 0 Å². The molecule has 1 aliphatic carbocycles. The van der Waals surface area contributed by atoms with Gasteiger partial charge in [-0.15, -0.1) is 0 Å². The number of benzene rings is 1. The number of anilines is 1. The highest BCUT2D eigenvalue weighted by Crippen LogP contribution is 2.27. The highest BCUT2D eigenvalue weighted by atomic mass is 19.1. The molecule has 0 atom stereocenters. The zero-order valence-electron chi connectivity index (χ0n) is 10.3. The topological polar surface area (TPSA) is 78.4 Å². The second kappa shape index (κ2) is 5.79. The normalized spacial score (nSPS) is 14.2. The van der Waals surface area contributed by atoms with Gasteiger partial charge >= 0.3 is 5.97 Å². The van der Waals surface area contributed by atoms with Crippen molar-refractivity contribution in [2.75, 3.05) is 18.4 Å². The number of halogens is 1. The lowest BCUT2D eigenvalue weighted by atomic mass is 10.1. The molecule has 0 spiro atoms. The van der Waals surface area contributed by atoms with Crippen LogP contribution in [0.3, 0.4) is 0 Å². The van der Waals surface area contributed by atoms with Gasteiger partial charge in [0.15, 0.2) is 0 Å². The second-order valence-electron chi connectivity index (χ2n) is 4.59. The standard InChI is InChI=1S/C13H15FN2O3/c14-9-2-1-3-10(12(9)13(18)19)16-11(17)7-15-6-8-4-5-8/h1-3,8,15H,4-7H2,(H,16,17)(H,18,19). The van der Waals surface area contributed by atoms with Crippen LogP contribution in [0.25, 0.3) is 0 Å². The summed E-state index contributed by atoms with van der Waals surface area (Å²) in [6.07, 6.45) is 2.36. The summed E-state index contributed by atoms with van der Waals surface area (Å²) < 4.78 is 13.4. The van der Waals surface area contributed by atoms with E-state index in [1.165, 1.54) is 25.0 Å². The molecule has 3 N–H and O–H groups in total. The summed E-state index contributed by atoms with van der Waals surface area (Å²) >= 11 is 0. The third kappa shape index (κ3) is 3.75. The zero-order chi connectivity index (χ0) is 13.8. The Labute approximate surface area is 109 Å². The first-order chi connectivity index (χ1) is 9.08. The quantitative estimate of drug-likeness (QED) is 0.728. The van der Waals surface area contributed by atoms with Gasteiger partial charge in [0.1, 0.15) is 11.4 Å². The van der Waals surface area contributed by atoms with Crippen molar-refractivity contribution in [3.63, 3.8) is 0 Å². The van der Waals surface area contributed by atoms with Crippen LogP contribution in [0, 0.1) is 11.7 Å². The molecule has 2 rings (SSSR count). The van der Waals surface area contributed by atoms with Gasteiger partial charge in [0.25, 0.3) is 0 Å². The van der Waals surface area contributed by atoms with Crippen molar-refractivity contribution < 1.29 is 19.1 Å². The smallest absolute Gasteiger partial charge is 0.340 e. The largest absolute Gasteiger partial charge is 0.478 e. The molecule has 5 nitrogen and oxygen atoms in total. The van der Waals surface area contributed by atoms with Crippen molar-refractivity contribution in [1.82, 2.24) is 5.32 Å². The van der Waals surface area contributed by atoms with Crippen LogP contribution in [-0.4, -0.2) is 30.1 Å². The molecule has 102 valence electrons. The number of aromatic carboxylic acids is 1. The van der Waals surface area contributed by atoms with E-state index in [1.54, 1.807) is 0 Å². The van der Waals surface area contributed by atoms with E-state index in [1.807, 2.05) is 0 Å². The second-order valence-corrected chi connectivity index (χ2v) is 4.59. The molecule has 0 aliphatic heterocycles. The SMILES string of the molecule is O=C(CNCC1CC1)Nc1cccc(F)c1C(=O)O. The molecule has 1 fully saturated rings. The predicted molar refractivity (Wildman–Crippen MR) is 67.6 cm³/mol. The van der Waals surface area contributed by atoms with Crippen LogP contribution in [0.15, 0.2) is 18.2 Å². The van der Waals surface area contributed by atoms with Gasteiger partial charge < -0.3 is 15.7 Å². The fourth-order valence-corrected chi connectivity index (χ4v) is 1.75. The van der Waals surface area contributed by atoms with E-state index >= 15 is 0 Å². The molecule has 1 saturated carbocycles. The van der Waals surface area contributed by atoms with Crippen LogP contribution < -0.4 is 10.6 Å². The van der Waals surface area contributed by atoms with Gasteiger partial charge in [-0.3, -0.25) is 4.79 Å². The van der Waals surface area contributed by atoms with Gasteiger partial charge in [0.2, 0.25) is 5.91 Å². The lowest BCUT2D eigenvalue weighted by molar-refractivity contribution is -0.115. The van der Waals surface area contributed by atoms with Crippen LogP contribution in [0.2, 0.25) is 0 Å². The van der Waals surface area contributed by atoms with Gasteiger partial charge in [-0.1, -0.05) is 6.07 Å². The Morgan fingerprint density at radius 2 is 2.11 bits per heavy atom. The minimum Gasteiger partial charge on any atom is -0.478 e. The van der Waals surface area contributed by atoms with Crippen LogP contribution in [-0.2, 0) is 4.79 Å². The van der Waals surface area contributed by atoms with E-state index in [4.69, 9.17) is 5.11 Å². The monoisotopic (exact) mass is 266 g/mol. The lowest BCUT2D eigenvalue weighted by Gasteiger charge is -2.09. The number of nitrogens with one attached hydrogen (secondary N) is 2. The predicted octanol–water partition coefficient (Wildman–Crippen LogP) is 1.46. The maximum absolute atomic E-state index is 13.4. The summed E-state index contributed by atoms with van der Waals surface area (Å²) in [6, 6.07) is 3.77. The minimum atomic E-state index is -1.40. The Balaban J connectivity index is 1.95. The third-order valence-corrected chi connectivity index (χ3v) is 2.92. The number of carbonyl (C=O) groups is 2. The van der Waals surface area contributed by atoms with E-state index in [0.29, 0.717) is 5.92 Å². The maximum atomic E-state index is 13.4. The first kappa shape index (κ1) is 13.5. The summed E-state index contributed by atoms with van der Waals surface area (Å²) in [4.78, 5) is 22.5. The van der Waals surface area contributed by atoms with Crippen molar-refractivity contribution in [3.8, 4) is 0 Å². The summed E-state index contributed by atoms with van der Waals surface area (Å²) in [6.45, 7) is 0.869. The Kier molecular flexibility index (Phi) is 4.11. The molecule has 6 heteroatoms. The molecule has 1 aliphatic rings. The first-order valence-electron chi connectivity index (χ1n) is 6.10. The molecule has 19 heavy (non-hydrogen) atoms. The van der Waals surface area contributed by atoms with Crippen LogP contribution in [0.5, 0.6) is 0 Å². The molecule has 0 saturated heterocycles. The van der Waals surface area contributed by atoms with E-state index in [-0.39, 0.29) is 18.1 Å². The Morgan fingerprint density at radius 3 is 2.74 bits per heavy atom. The lowest BCUT2D eigenvalue weighted by Crippen LogP contribution is -2.30. The van der Waals surface area contributed by atoms with Crippen molar-refractivity contribution in [2.45, 2.75) is 12.8 Å². The molecular formula is C13H15FN2O3. The summed E-state index contributed by atoms with van der Waals surface area (Å²) in [5.74, 6) is -2.00. The molecule has 0 heterocycles. The van der Waals surface area contributed by atoms with Gasteiger partial charge in [-0.25, -0.2) is 9.18 Å². The van der Waals surface area contributed by atoms with Gasteiger partial charge in [0, 0.05) is 0 Å². The van der Waals surface area contributed by atoms with Crippen molar-refractivity contribution in [2.24, 2.45) is 5.92 Å². The highest BCUT2D eigenvalue weighted by Gasteiger charge is 2.21. The van der Waals surface area contributed by atoms with E-state index in [0.717, 1.165) is 12.6 Å². The Morgan fingerprint density at radius 1 is 1.37 bits per heavy atom. The van der Waals surface area contributed by atoms with Crippen molar-refractivity contribution in [1.29, 1.82) is 0 Å².